The molecule has 1 N–H and O–H groups in total. The first kappa shape index (κ1) is 21.5. The Balaban J connectivity index is 1.43. The highest BCUT2D eigenvalue weighted by Crippen LogP contribution is 2.48. The molecule has 0 saturated heterocycles. The molecule has 31 heavy (non-hydrogen) atoms. The lowest BCUT2D eigenvalue weighted by atomic mass is 10.2. The molecule has 0 aromatic heterocycles. The van der Waals surface area contributed by atoms with Crippen molar-refractivity contribution in [2.45, 2.75) is 40.9 Å². The van der Waals surface area contributed by atoms with Gasteiger partial charge >= 0.3 is 0 Å². The van der Waals surface area contributed by atoms with Crippen molar-refractivity contribution in [3.63, 3.8) is 0 Å². The summed E-state index contributed by atoms with van der Waals surface area (Å²) in [4.78, 5) is 30.1. The minimum Gasteiger partial charge on any atom is -0.326 e. The zero-order chi connectivity index (χ0) is 21.6. The van der Waals surface area contributed by atoms with Crippen molar-refractivity contribution in [3.8, 4) is 0 Å². The standard InChI is InChI=1S/C25H24N2O2S2/c1-2-3-12-24(28)26-18-13-15-19(16-14-18)30-17-25(29)27-20-8-4-6-10-22(20)31-23-11-7-5-9-21(23)27/h4-11,13-16H,2-3,12,17H2,1H3,(H,26,28). The van der Waals surface area contributed by atoms with Crippen molar-refractivity contribution in [1.82, 2.24) is 0 Å². The van der Waals surface area contributed by atoms with Crippen LogP contribution in [0.3, 0.4) is 0 Å². The van der Waals surface area contributed by atoms with E-state index in [-0.39, 0.29) is 11.8 Å². The van der Waals surface area contributed by atoms with Crippen molar-refractivity contribution in [2.24, 2.45) is 0 Å². The van der Waals surface area contributed by atoms with Crippen molar-refractivity contribution >= 4 is 52.4 Å². The Morgan fingerprint density at radius 3 is 2.13 bits per heavy atom. The molecule has 2 amide bonds. The summed E-state index contributed by atoms with van der Waals surface area (Å²) in [6.45, 7) is 2.07. The molecule has 1 heterocycles. The summed E-state index contributed by atoms with van der Waals surface area (Å²) in [5, 5.41) is 2.92. The summed E-state index contributed by atoms with van der Waals surface area (Å²) >= 11 is 3.20. The second-order valence-corrected chi connectivity index (χ2v) is 9.36. The molecular weight excluding hydrogens is 424 g/mol. The first-order valence-corrected chi connectivity index (χ1v) is 12.2. The van der Waals surface area contributed by atoms with E-state index in [1.807, 2.05) is 65.6 Å². The summed E-state index contributed by atoms with van der Waals surface area (Å²) < 4.78 is 0. The van der Waals surface area contributed by atoms with Crippen LogP contribution >= 0.6 is 23.5 Å². The lowest BCUT2D eigenvalue weighted by Crippen LogP contribution is -2.29. The molecule has 3 aromatic rings. The Labute approximate surface area is 191 Å². The van der Waals surface area contributed by atoms with E-state index >= 15 is 0 Å². The molecule has 0 radical (unpaired) electrons. The third-order valence-corrected chi connectivity index (χ3v) is 7.07. The van der Waals surface area contributed by atoms with E-state index in [4.69, 9.17) is 0 Å². The van der Waals surface area contributed by atoms with Crippen LogP contribution in [0.1, 0.15) is 26.2 Å². The molecule has 1 aliphatic heterocycles. The molecule has 0 atom stereocenters. The number of nitrogens with zero attached hydrogens (tertiary/aromatic N) is 1. The molecule has 0 saturated carbocycles. The van der Waals surface area contributed by atoms with E-state index < -0.39 is 0 Å². The molecule has 0 spiro atoms. The van der Waals surface area contributed by atoms with Crippen molar-refractivity contribution in [1.29, 1.82) is 0 Å². The minimum atomic E-state index is 0.0396. The van der Waals surface area contributed by atoms with E-state index in [2.05, 4.69) is 24.4 Å². The third-order valence-electron chi connectivity index (χ3n) is 4.94. The number of amides is 2. The van der Waals surface area contributed by atoms with Gasteiger partial charge in [0, 0.05) is 26.8 Å². The van der Waals surface area contributed by atoms with Gasteiger partial charge in [-0.15, -0.1) is 11.8 Å². The predicted octanol–water partition coefficient (Wildman–Crippen LogP) is 6.74. The van der Waals surface area contributed by atoms with Gasteiger partial charge in [0.25, 0.3) is 0 Å². The van der Waals surface area contributed by atoms with Gasteiger partial charge in [0.05, 0.1) is 17.1 Å². The average Bonchev–Trinajstić information content (AvgIpc) is 2.80. The molecule has 158 valence electrons. The van der Waals surface area contributed by atoms with Crippen LogP contribution in [-0.4, -0.2) is 17.6 Å². The first-order valence-electron chi connectivity index (χ1n) is 10.4. The molecule has 4 nitrogen and oxygen atoms in total. The Kier molecular flexibility index (Phi) is 6.99. The largest absolute Gasteiger partial charge is 0.326 e. The van der Waals surface area contributed by atoms with Crippen molar-refractivity contribution in [3.05, 3.63) is 72.8 Å². The van der Waals surface area contributed by atoms with Crippen LogP contribution in [0.4, 0.5) is 17.1 Å². The second kappa shape index (κ2) is 10.1. The molecular formula is C25H24N2O2S2. The number of hydrogen-bond donors (Lipinski definition) is 1. The number of anilines is 3. The predicted molar refractivity (Wildman–Crippen MR) is 129 cm³/mol. The SMILES string of the molecule is CCCCC(=O)Nc1ccc(SCC(=O)N2c3ccccc3Sc3ccccc32)cc1. The van der Waals surface area contributed by atoms with Gasteiger partial charge in [0.1, 0.15) is 0 Å². The van der Waals surface area contributed by atoms with Gasteiger partial charge in [-0.3, -0.25) is 14.5 Å². The number of para-hydroxylation sites is 2. The molecule has 0 fully saturated rings. The van der Waals surface area contributed by atoms with E-state index in [0.29, 0.717) is 12.2 Å². The van der Waals surface area contributed by atoms with Crippen molar-refractivity contribution < 1.29 is 9.59 Å². The summed E-state index contributed by atoms with van der Waals surface area (Å²) in [5.41, 5.74) is 2.65. The number of carbonyl (C=O) groups excluding carboxylic acids is 2. The summed E-state index contributed by atoms with van der Waals surface area (Å²) in [6.07, 6.45) is 2.43. The van der Waals surface area contributed by atoms with Gasteiger partial charge in [-0.25, -0.2) is 0 Å². The van der Waals surface area contributed by atoms with Crippen LogP contribution < -0.4 is 10.2 Å². The van der Waals surface area contributed by atoms with Crippen LogP contribution in [0.15, 0.2) is 87.5 Å². The number of benzene rings is 3. The number of hydrogen-bond acceptors (Lipinski definition) is 4. The number of rotatable bonds is 7. The van der Waals surface area contributed by atoms with Gasteiger partial charge < -0.3 is 5.32 Å². The number of fused-ring (bicyclic) bond motifs is 2. The van der Waals surface area contributed by atoms with Crippen molar-refractivity contribution in [2.75, 3.05) is 16.0 Å². The highest BCUT2D eigenvalue weighted by atomic mass is 32.2. The molecule has 0 bridgehead atoms. The molecule has 1 aliphatic rings. The summed E-state index contributed by atoms with van der Waals surface area (Å²) in [7, 11) is 0. The average molecular weight is 449 g/mol. The van der Waals surface area contributed by atoms with Crippen LogP contribution in [0, 0.1) is 0 Å². The highest BCUT2D eigenvalue weighted by Gasteiger charge is 2.27. The second-order valence-electron chi connectivity index (χ2n) is 7.23. The fourth-order valence-electron chi connectivity index (χ4n) is 3.38. The van der Waals surface area contributed by atoms with Crippen LogP contribution in [-0.2, 0) is 9.59 Å². The molecule has 4 rings (SSSR count). The minimum absolute atomic E-state index is 0.0396. The molecule has 3 aromatic carbocycles. The maximum atomic E-state index is 13.2. The number of thioether (sulfide) groups is 1. The summed E-state index contributed by atoms with van der Waals surface area (Å²) in [5.74, 6) is 0.412. The fraction of sp³-hybridized carbons (Fsp3) is 0.200. The van der Waals surface area contributed by atoms with Gasteiger partial charge in [-0.05, 0) is 55.0 Å². The zero-order valence-corrected chi connectivity index (χ0v) is 19.0. The van der Waals surface area contributed by atoms with Gasteiger partial charge in [0.2, 0.25) is 11.8 Å². The smallest absolute Gasteiger partial charge is 0.241 e. The maximum Gasteiger partial charge on any atom is 0.241 e. The number of carbonyl (C=O) groups is 2. The van der Waals surface area contributed by atoms with E-state index in [0.717, 1.165) is 44.6 Å². The Morgan fingerprint density at radius 2 is 1.52 bits per heavy atom. The zero-order valence-electron chi connectivity index (χ0n) is 17.3. The number of unbranched alkanes of at least 4 members (excludes halogenated alkanes) is 1. The van der Waals surface area contributed by atoms with E-state index in [9.17, 15) is 9.59 Å². The first-order chi connectivity index (χ1) is 15.2. The quantitative estimate of drug-likeness (QED) is 0.407. The topological polar surface area (TPSA) is 49.4 Å². The highest BCUT2D eigenvalue weighted by molar-refractivity contribution is 8.00. The molecule has 6 heteroatoms. The van der Waals surface area contributed by atoms with Crippen LogP contribution in [0.25, 0.3) is 0 Å². The fourth-order valence-corrected chi connectivity index (χ4v) is 5.18. The Morgan fingerprint density at radius 1 is 0.903 bits per heavy atom. The Hall–Kier alpha value is -2.70. The lowest BCUT2D eigenvalue weighted by molar-refractivity contribution is -0.116. The van der Waals surface area contributed by atoms with Crippen LogP contribution in [0.5, 0.6) is 0 Å². The Bertz CT molecular complexity index is 1040. The van der Waals surface area contributed by atoms with Gasteiger partial charge in [-0.2, -0.15) is 0 Å². The maximum absolute atomic E-state index is 13.2. The van der Waals surface area contributed by atoms with Gasteiger partial charge in [-0.1, -0.05) is 49.4 Å². The number of nitrogens with one attached hydrogen (secondary N) is 1. The lowest BCUT2D eigenvalue weighted by Gasteiger charge is -2.31. The van der Waals surface area contributed by atoms with E-state index in [1.165, 1.54) is 11.8 Å². The van der Waals surface area contributed by atoms with Crippen LogP contribution in [0.2, 0.25) is 0 Å². The monoisotopic (exact) mass is 448 g/mol. The summed E-state index contributed by atoms with van der Waals surface area (Å²) in [6, 6.07) is 23.7. The third kappa shape index (κ3) is 5.14. The molecule has 0 aliphatic carbocycles. The van der Waals surface area contributed by atoms with Gasteiger partial charge in [0.15, 0.2) is 0 Å². The van der Waals surface area contributed by atoms with E-state index in [1.54, 1.807) is 11.8 Å². The normalized spacial score (nSPS) is 12.1. The molecule has 0 unspecified atom stereocenters.